The number of anilines is 1. The van der Waals surface area contributed by atoms with Crippen molar-refractivity contribution in [3.05, 3.63) is 22.3 Å². The van der Waals surface area contributed by atoms with Crippen LogP contribution in [0.3, 0.4) is 0 Å². The minimum atomic E-state index is 0.0743. The quantitative estimate of drug-likeness (QED) is 0.858. The van der Waals surface area contributed by atoms with E-state index >= 15 is 0 Å². The van der Waals surface area contributed by atoms with Crippen LogP contribution in [-0.2, 0) is 0 Å². The van der Waals surface area contributed by atoms with Gasteiger partial charge in [-0.25, -0.2) is 4.98 Å². The molecular weight excluding hydrogens is 275 g/mol. The Labute approximate surface area is 104 Å². The standard InChI is InChI=1S/C11H14BrClN2/c1-8-3-6-14-10(9(8)12)15-11(7-13)4-2-5-11/h3,6H,2,4-5,7H2,1H3,(H,14,15). The number of rotatable bonds is 3. The zero-order valence-electron chi connectivity index (χ0n) is 8.69. The third kappa shape index (κ3) is 2.13. The molecule has 0 unspecified atom stereocenters. The molecule has 0 spiro atoms. The molecule has 0 amide bonds. The number of aryl methyl sites for hydroxylation is 1. The van der Waals surface area contributed by atoms with Gasteiger partial charge in [-0.05, 0) is 53.7 Å². The molecule has 1 aliphatic rings. The summed E-state index contributed by atoms with van der Waals surface area (Å²) >= 11 is 9.54. The molecule has 0 aliphatic heterocycles. The fourth-order valence-corrected chi connectivity index (χ4v) is 2.44. The Bertz CT molecular complexity index is 358. The van der Waals surface area contributed by atoms with E-state index in [2.05, 4.69) is 33.2 Å². The monoisotopic (exact) mass is 288 g/mol. The number of nitrogens with zero attached hydrogens (tertiary/aromatic N) is 1. The van der Waals surface area contributed by atoms with Gasteiger partial charge in [0.2, 0.25) is 0 Å². The molecule has 1 saturated carbocycles. The first kappa shape index (κ1) is 11.2. The van der Waals surface area contributed by atoms with Crippen molar-refractivity contribution in [2.24, 2.45) is 0 Å². The average molecular weight is 290 g/mol. The Kier molecular flexibility index (Phi) is 3.21. The maximum atomic E-state index is 6.00. The largest absolute Gasteiger partial charge is 0.362 e. The summed E-state index contributed by atoms with van der Waals surface area (Å²) in [5.74, 6) is 1.56. The van der Waals surface area contributed by atoms with Crippen LogP contribution in [0.4, 0.5) is 5.82 Å². The average Bonchev–Trinajstić information content (AvgIpc) is 2.18. The highest BCUT2D eigenvalue weighted by Gasteiger charge is 2.36. The number of aromatic nitrogens is 1. The van der Waals surface area contributed by atoms with E-state index in [0.717, 1.165) is 23.1 Å². The molecule has 2 rings (SSSR count). The maximum absolute atomic E-state index is 6.00. The van der Waals surface area contributed by atoms with Crippen molar-refractivity contribution in [3.63, 3.8) is 0 Å². The summed E-state index contributed by atoms with van der Waals surface area (Å²) in [6.45, 7) is 2.06. The Morgan fingerprint density at radius 2 is 2.33 bits per heavy atom. The molecule has 1 aromatic heterocycles. The lowest BCUT2D eigenvalue weighted by Gasteiger charge is -2.41. The van der Waals surface area contributed by atoms with Crippen molar-refractivity contribution in [3.8, 4) is 0 Å². The van der Waals surface area contributed by atoms with Crippen LogP contribution in [0.15, 0.2) is 16.7 Å². The summed E-state index contributed by atoms with van der Waals surface area (Å²) in [6, 6.07) is 1.99. The Morgan fingerprint density at radius 1 is 1.60 bits per heavy atom. The minimum Gasteiger partial charge on any atom is -0.362 e. The molecule has 0 bridgehead atoms. The van der Waals surface area contributed by atoms with E-state index in [-0.39, 0.29) is 5.54 Å². The molecular formula is C11H14BrClN2. The van der Waals surface area contributed by atoms with Gasteiger partial charge >= 0.3 is 0 Å². The number of hydrogen-bond donors (Lipinski definition) is 1. The van der Waals surface area contributed by atoms with Crippen LogP contribution in [0.2, 0.25) is 0 Å². The molecule has 0 aromatic carbocycles. The molecule has 4 heteroatoms. The number of halogens is 2. The summed E-state index contributed by atoms with van der Waals surface area (Å²) in [5, 5.41) is 3.46. The van der Waals surface area contributed by atoms with Crippen LogP contribution in [-0.4, -0.2) is 16.4 Å². The molecule has 1 aliphatic carbocycles. The zero-order chi connectivity index (χ0) is 10.9. The van der Waals surface area contributed by atoms with E-state index in [1.165, 1.54) is 12.0 Å². The van der Waals surface area contributed by atoms with Gasteiger partial charge in [0.15, 0.2) is 0 Å². The van der Waals surface area contributed by atoms with Crippen molar-refractivity contribution in [2.45, 2.75) is 31.7 Å². The predicted octanol–water partition coefficient (Wildman–Crippen LogP) is 3.73. The van der Waals surface area contributed by atoms with Gasteiger partial charge in [0.05, 0.1) is 10.0 Å². The number of nitrogens with one attached hydrogen (secondary N) is 1. The Hall–Kier alpha value is -0.280. The normalized spacial score (nSPS) is 18.3. The molecule has 0 atom stereocenters. The van der Waals surface area contributed by atoms with Crippen molar-refractivity contribution in [1.82, 2.24) is 4.98 Å². The number of alkyl halides is 1. The first-order chi connectivity index (χ1) is 7.17. The van der Waals surface area contributed by atoms with E-state index < -0.39 is 0 Å². The molecule has 1 fully saturated rings. The molecule has 82 valence electrons. The summed E-state index contributed by atoms with van der Waals surface area (Å²) in [4.78, 5) is 4.34. The lowest BCUT2D eigenvalue weighted by Crippen LogP contribution is -2.47. The second-order valence-electron chi connectivity index (χ2n) is 4.18. The SMILES string of the molecule is Cc1ccnc(NC2(CCl)CCC2)c1Br. The fourth-order valence-electron chi connectivity index (χ4n) is 1.77. The molecule has 15 heavy (non-hydrogen) atoms. The van der Waals surface area contributed by atoms with Crippen LogP contribution < -0.4 is 5.32 Å². The Balaban J connectivity index is 2.20. The third-order valence-electron chi connectivity index (χ3n) is 3.03. The molecule has 2 nitrogen and oxygen atoms in total. The second-order valence-corrected chi connectivity index (χ2v) is 5.24. The molecule has 0 saturated heterocycles. The second kappa shape index (κ2) is 4.30. The predicted molar refractivity (Wildman–Crippen MR) is 67.6 cm³/mol. The first-order valence-electron chi connectivity index (χ1n) is 5.12. The lowest BCUT2D eigenvalue weighted by atomic mass is 9.78. The zero-order valence-corrected chi connectivity index (χ0v) is 11.0. The number of pyridine rings is 1. The van der Waals surface area contributed by atoms with Gasteiger partial charge < -0.3 is 5.32 Å². The van der Waals surface area contributed by atoms with Gasteiger partial charge in [0, 0.05) is 12.1 Å². The van der Waals surface area contributed by atoms with E-state index in [1.807, 2.05) is 12.3 Å². The van der Waals surface area contributed by atoms with Crippen molar-refractivity contribution in [2.75, 3.05) is 11.2 Å². The van der Waals surface area contributed by atoms with Crippen LogP contribution in [0, 0.1) is 6.92 Å². The van der Waals surface area contributed by atoms with Gasteiger partial charge in [0.25, 0.3) is 0 Å². The summed E-state index contributed by atoms with van der Waals surface area (Å²) in [6.07, 6.45) is 5.35. The maximum Gasteiger partial charge on any atom is 0.141 e. The van der Waals surface area contributed by atoms with Gasteiger partial charge in [-0.3, -0.25) is 0 Å². The van der Waals surface area contributed by atoms with Crippen LogP contribution in [0.25, 0.3) is 0 Å². The van der Waals surface area contributed by atoms with E-state index in [4.69, 9.17) is 11.6 Å². The topological polar surface area (TPSA) is 24.9 Å². The molecule has 1 aromatic rings. The van der Waals surface area contributed by atoms with Crippen LogP contribution in [0.5, 0.6) is 0 Å². The van der Waals surface area contributed by atoms with Crippen molar-refractivity contribution < 1.29 is 0 Å². The number of hydrogen-bond acceptors (Lipinski definition) is 2. The smallest absolute Gasteiger partial charge is 0.141 e. The third-order valence-corrected chi connectivity index (χ3v) is 4.54. The van der Waals surface area contributed by atoms with Crippen LogP contribution in [0.1, 0.15) is 24.8 Å². The van der Waals surface area contributed by atoms with E-state index in [1.54, 1.807) is 0 Å². The van der Waals surface area contributed by atoms with Gasteiger partial charge in [0.1, 0.15) is 5.82 Å². The Morgan fingerprint density at radius 3 is 2.87 bits per heavy atom. The highest BCUT2D eigenvalue weighted by atomic mass is 79.9. The molecule has 0 radical (unpaired) electrons. The highest BCUT2D eigenvalue weighted by molar-refractivity contribution is 9.10. The van der Waals surface area contributed by atoms with E-state index in [0.29, 0.717) is 5.88 Å². The lowest BCUT2D eigenvalue weighted by molar-refractivity contribution is 0.310. The van der Waals surface area contributed by atoms with E-state index in [9.17, 15) is 0 Å². The first-order valence-corrected chi connectivity index (χ1v) is 6.45. The van der Waals surface area contributed by atoms with Crippen molar-refractivity contribution >= 4 is 33.3 Å². The van der Waals surface area contributed by atoms with Gasteiger partial charge in [-0.2, -0.15) is 0 Å². The summed E-state index contributed by atoms with van der Waals surface area (Å²) in [7, 11) is 0. The molecule has 1 N–H and O–H groups in total. The van der Waals surface area contributed by atoms with Gasteiger partial charge in [-0.1, -0.05) is 0 Å². The van der Waals surface area contributed by atoms with Crippen LogP contribution >= 0.6 is 27.5 Å². The minimum absolute atomic E-state index is 0.0743. The summed E-state index contributed by atoms with van der Waals surface area (Å²) < 4.78 is 1.04. The molecule has 1 heterocycles. The van der Waals surface area contributed by atoms with Gasteiger partial charge in [-0.15, -0.1) is 11.6 Å². The van der Waals surface area contributed by atoms with Crippen molar-refractivity contribution in [1.29, 1.82) is 0 Å². The fraction of sp³-hybridized carbons (Fsp3) is 0.545. The summed E-state index contributed by atoms with van der Waals surface area (Å²) in [5.41, 5.74) is 1.27. The highest BCUT2D eigenvalue weighted by Crippen LogP contribution is 2.37.